The SMILES string of the molecule is COc1c(C)c(C)cc(C)c1C1(C(=O)O)CCCC1. The molecule has 3 heteroatoms. The smallest absolute Gasteiger partial charge is 0.314 e. The molecule has 0 amide bonds. The molecular weight excluding hydrogens is 240 g/mol. The number of rotatable bonds is 3. The minimum atomic E-state index is -0.756. The Hall–Kier alpha value is -1.51. The fourth-order valence-electron chi connectivity index (χ4n) is 3.45. The highest BCUT2D eigenvalue weighted by atomic mass is 16.5. The Kier molecular flexibility index (Phi) is 3.57. The van der Waals surface area contributed by atoms with E-state index in [-0.39, 0.29) is 0 Å². The molecule has 0 unspecified atom stereocenters. The average molecular weight is 262 g/mol. The van der Waals surface area contributed by atoms with Crippen LogP contribution in [0.15, 0.2) is 6.07 Å². The van der Waals surface area contributed by atoms with E-state index in [0.717, 1.165) is 40.8 Å². The molecule has 1 aliphatic carbocycles. The maximum Gasteiger partial charge on any atom is 0.314 e. The van der Waals surface area contributed by atoms with Crippen LogP contribution in [0.3, 0.4) is 0 Å². The molecule has 0 aliphatic heterocycles. The van der Waals surface area contributed by atoms with E-state index in [0.29, 0.717) is 12.8 Å². The maximum absolute atomic E-state index is 11.9. The van der Waals surface area contributed by atoms with E-state index >= 15 is 0 Å². The Balaban J connectivity index is 2.73. The van der Waals surface area contributed by atoms with Gasteiger partial charge < -0.3 is 9.84 Å². The van der Waals surface area contributed by atoms with Crippen LogP contribution in [-0.4, -0.2) is 18.2 Å². The largest absolute Gasteiger partial charge is 0.496 e. The lowest BCUT2D eigenvalue weighted by Gasteiger charge is -2.29. The van der Waals surface area contributed by atoms with E-state index in [1.165, 1.54) is 0 Å². The van der Waals surface area contributed by atoms with Crippen molar-refractivity contribution in [1.82, 2.24) is 0 Å². The summed E-state index contributed by atoms with van der Waals surface area (Å²) in [5.41, 5.74) is 3.37. The molecule has 0 radical (unpaired) electrons. The van der Waals surface area contributed by atoms with E-state index in [4.69, 9.17) is 4.74 Å². The van der Waals surface area contributed by atoms with Gasteiger partial charge in [0.15, 0.2) is 0 Å². The molecular formula is C16H22O3. The number of carboxylic acid groups (broad SMARTS) is 1. The van der Waals surface area contributed by atoms with Crippen LogP contribution in [-0.2, 0) is 10.2 Å². The van der Waals surface area contributed by atoms with Crippen molar-refractivity contribution in [3.63, 3.8) is 0 Å². The van der Waals surface area contributed by atoms with Crippen LogP contribution < -0.4 is 4.74 Å². The fourth-order valence-corrected chi connectivity index (χ4v) is 3.45. The Morgan fingerprint density at radius 1 is 1.21 bits per heavy atom. The third-order valence-electron chi connectivity index (χ3n) is 4.54. The van der Waals surface area contributed by atoms with Crippen molar-refractivity contribution >= 4 is 5.97 Å². The van der Waals surface area contributed by atoms with Gasteiger partial charge in [-0.3, -0.25) is 4.79 Å². The third kappa shape index (κ3) is 2.01. The molecule has 1 saturated carbocycles. The molecule has 1 N–H and O–H groups in total. The first kappa shape index (κ1) is 13.9. The van der Waals surface area contributed by atoms with Crippen LogP contribution in [0.5, 0.6) is 5.75 Å². The summed E-state index contributed by atoms with van der Waals surface area (Å²) in [5, 5.41) is 9.77. The van der Waals surface area contributed by atoms with Gasteiger partial charge in [-0.05, 0) is 50.3 Å². The van der Waals surface area contributed by atoms with E-state index in [1.54, 1.807) is 7.11 Å². The van der Waals surface area contributed by atoms with Gasteiger partial charge in [0.05, 0.1) is 12.5 Å². The van der Waals surface area contributed by atoms with E-state index in [2.05, 4.69) is 6.07 Å². The number of methoxy groups -OCH3 is 1. The molecule has 2 rings (SSSR count). The molecule has 1 aromatic rings. The van der Waals surface area contributed by atoms with Crippen LogP contribution in [0, 0.1) is 20.8 Å². The molecule has 1 aliphatic rings. The lowest BCUT2D eigenvalue weighted by molar-refractivity contribution is -0.143. The quantitative estimate of drug-likeness (QED) is 0.906. The Morgan fingerprint density at radius 3 is 2.26 bits per heavy atom. The predicted molar refractivity (Wildman–Crippen MR) is 75.0 cm³/mol. The van der Waals surface area contributed by atoms with Gasteiger partial charge in [-0.15, -0.1) is 0 Å². The van der Waals surface area contributed by atoms with Crippen LogP contribution in [0.1, 0.15) is 47.9 Å². The van der Waals surface area contributed by atoms with Crippen LogP contribution in [0.25, 0.3) is 0 Å². The second kappa shape index (κ2) is 4.87. The minimum absolute atomic E-state index is 0.710. The highest BCUT2D eigenvalue weighted by Gasteiger charge is 2.46. The van der Waals surface area contributed by atoms with Gasteiger partial charge in [0.1, 0.15) is 5.75 Å². The van der Waals surface area contributed by atoms with E-state index in [1.807, 2.05) is 20.8 Å². The third-order valence-corrected chi connectivity index (χ3v) is 4.54. The topological polar surface area (TPSA) is 46.5 Å². The summed E-state index contributed by atoms with van der Waals surface area (Å²) in [7, 11) is 1.63. The first-order valence-corrected chi connectivity index (χ1v) is 6.82. The van der Waals surface area contributed by atoms with Gasteiger partial charge in [0.2, 0.25) is 0 Å². The summed E-state index contributed by atoms with van der Waals surface area (Å²) >= 11 is 0. The Bertz CT molecular complexity index is 511. The number of hydrogen-bond donors (Lipinski definition) is 1. The number of carbonyl (C=O) groups is 1. The number of hydrogen-bond acceptors (Lipinski definition) is 2. The van der Waals surface area contributed by atoms with Gasteiger partial charge in [-0.1, -0.05) is 18.9 Å². The maximum atomic E-state index is 11.9. The van der Waals surface area contributed by atoms with Crippen molar-refractivity contribution in [1.29, 1.82) is 0 Å². The summed E-state index contributed by atoms with van der Waals surface area (Å²) in [5.74, 6) is 0.0523. The average Bonchev–Trinajstić information content (AvgIpc) is 2.83. The zero-order valence-corrected chi connectivity index (χ0v) is 12.2. The molecule has 0 aromatic heterocycles. The van der Waals surface area contributed by atoms with Crippen LogP contribution >= 0.6 is 0 Å². The van der Waals surface area contributed by atoms with Gasteiger partial charge in [-0.2, -0.15) is 0 Å². The zero-order chi connectivity index (χ0) is 14.2. The zero-order valence-electron chi connectivity index (χ0n) is 12.2. The van der Waals surface area contributed by atoms with Crippen molar-refractivity contribution in [2.24, 2.45) is 0 Å². The molecule has 0 saturated heterocycles. The van der Waals surface area contributed by atoms with E-state index < -0.39 is 11.4 Å². The fraction of sp³-hybridized carbons (Fsp3) is 0.562. The summed E-state index contributed by atoms with van der Waals surface area (Å²) in [6, 6.07) is 2.08. The summed E-state index contributed by atoms with van der Waals surface area (Å²) in [6.07, 6.45) is 3.37. The molecule has 1 aromatic carbocycles. The lowest BCUT2D eigenvalue weighted by atomic mass is 9.75. The standard InChI is InChI=1S/C16H22O3/c1-10-9-11(2)13(14(19-4)12(10)3)16(15(17)18)7-5-6-8-16/h9H,5-8H2,1-4H3,(H,17,18). The van der Waals surface area contributed by atoms with Crippen LogP contribution in [0.2, 0.25) is 0 Å². The first-order valence-electron chi connectivity index (χ1n) is 6.82. The van der Waals surface area contributed by atoms with Gasteiger partial charge in [-0.25, -0.2) is 0 Å². The molecule has 0 spiro atoms. The Morgan fingerprint density at radius 2 is 1.79 bits per heavy atom. The Labute approximate surface area is 114 Å². The second-order valence-electron chi connectivity index (χ2n) is 5.64. The normalized spacial score (nSPS) is 17.5. The lowest BCUT2D eigenvalue weighted by Crippen LogP contribution is -2.34. The summed E-state index contributed by atoms with van der Waals surface area (Å²) in [6.45, 7) is 6.03. The molecule has 0 bridgehead atoms. The summed E-state index contributed by atoms with van der Waals surface area (Å²) < 4.78 is 5.56. The molecule has 0 heterocycles. The van der Waals surface area contributed by atoms with Crippen molar-refractivity contribution in [2.75, 3.05) is 7.11 Å². The van der Waals surface area contributed by atoms with Crippen molar-refractivity contribution in [2.45, 2.75) is 51.9 Å². The molecule has 104 valence electrons. The monoisotopic (exact) mass is 262 g/mol. The summed E-state index contributed by atoms with van der Waals surface area (Å²) in [4.78, 5) is 11.9. The minimum Gasteiger partial charge on any atom is -0.496 e. The molecule has 1 fully saturated rings. The van der Waals surface area contributed by atoms with Crippen molar-refractivity contribution < 1.29 is 14.6 Å². The van der Waals surface area contributed by atoms with Gasteiger partial charge in [0, 0.05) is 5.56 Å². The number of benzene rings is 1. The number of aryl methyl sites for hydroxylation is 2. The molecule has 3 nitrogen and oxygen atoms in total. The number of aliphatic carboxylic acids is 1. The van der Waals surface area contributed by atoms with Crippen molar-refractivity contribution in [3.8, 4) is 5.75 Å². The van der Waals surface area contributed by atoms with Gasteiger partial charge in [0.25, 0.3) is 0 Å². The van der Waals surface area contributed by atoms with Crippen molar-refractivity contribution in [3.05, 3.63) is 28.3 Å². The first-order chi connectivity index (χ1) is 8.94. The predicted octanol–water partition coefficient (Wildman–Crippen LogP) is 3.52. The van der Waals surface area contributed by atoms with E-state index in [9.17, 15) is 9.90 Å². The number of carboxylic acids is 1. The highest BCUT2D eigenvalue weighted by Crippen LogP contribution is 2.47. The molecule has 19 heavy (non-hydrogen) atoms. The van der Waals surface area contributed by atoms with Gasteiger partial charge >= 0.3 is 5.97 Å². The second-order valence-corrected chi connectivity index (χ2v) is 5.64. The highest BCUT2D eigenvalue weighted by molar-refractivity contribution is 5.84. The molecule has 0 atom stereocenters. The van der Waals surface area contributed by atoms with Crippen LogP contribution in [0.4, 0.5) is 0 Å². The number of ether oxygens (including phenoxy) is 1.